The maximum atomic E-state index is 12.2. The number of carboxylic acids is 1. The predicted octanol–water partition coefficient (Wildman–Crippen LogP) is 2.29. The van der Waals surface area contributed by atoms with Crippen LogP contribution in [0.5, 0.6) is 0 Å². The number of carbonyl (C=O) groups is 2. The van der Waals surface area contributed by atoms with Gasteiger partial charge in [0.05, 0.1) is 13.2 Å². The Morgan fingerprint density at radius 1 is 1.43 bits per heavy atom. The Balaban J connectivity index is 2.81. The first kappa shape index (κ1) is 17.5. The van der Waals surface area contributed by atoms with Crippen LogP contribution in [-0.2, 0) is 14.3 Å². The second-order valence-electron chi connectivity index (χ2n) is 6.30. The first-order valence-corrected chi connectivity index (χ1v) is 7.10. The average Bonchev–Trinajstić information content (AvgIpc) is 2.65. The van der Waals surface area contributed by atoms with Gasteiger partial charge < -0.3 is 14.6 Å². The van der Waals surface area contributed by atoms with E-state index in [1.807, 2.05) is 6.92 Å². The minimum absolute atomic E-state index is 0.0291. The minimum Gasteiger partial charge on any atom is -0.480 e. The molecule has 1 fully saturated rings. The smallest absolute Gasteiger partial charge is 0.411 e. The van der Waals surface area contributed by atoms with Gasteiger partial charge in [-0.2, -0.15) is 0 Å². The summed E-state index contributed by atoms with van der Waals surface area (Å²) in [5.41, 5.74) is -0.655. The summed E-state index contributed by atoms with van der Waals surface area (Å²) in [6.45, 7) is 11.5. The molecule has 6 nitrogen and oxygen atoms in total. The van der Waals surface area contributed by atoms with Crippen LogP contribution in [-0.4, -0.2) is 53.0 Å². The summed E-state index contributed by atoms with van der Waals surface area (Å²) in [4.78, 5) is 25.0. The summed E-state index contributed by atoms with van der Waals surface area (Å²) in [6, 6.07) is -1.11. The second-order valence-corrected chi connectivity index (χ2v) is 6.30. The molecule has 1 amide bonds. The first-order chi connectivity index (χ1) is 9.67. The molecule has 0 unspecified atom stereocenters. The van der Waals surface area contributed by atoms with Crippen LogP contribution in [0.3, 0.4) is 0 Å². The lowest BCUT2D eigenvalue weighted by Gasteiger charge is -2.30. The predicted molar refractivity (Wildman–Crippen MR) is 78.1 cm³/mol. The number of carboxylic acid groups (broad SMARTS) is 1. The maximum absolute atomic E-state index is 12.2. The summed E-state index contributed by atoms with van der Waals surface area (Å²) in [7, 11) is 0. The summed E-state index contributed by atoms with van der Waals surface area (Å²) in [6.07, 6.45) is 1.42. The first-order valence-electron chi connectivity index (χ1n) is 7.10. The molecule has 0 aromatic carbocycles. The van der Waals surface area contributed by atoms with E-state index in [1.165, 1.54) is 4.90 Å². The van der Waals surface area contributed by atoms with E-state index in [0.29, 0.717) is 19.6 Å². The van der Waals surface area contributed by atoms with Crippen LogP contribution in [0.4, 0.5) is 4.79 Å². The molecule has 0 bridgehead atoms. The second kappa shape index (κ2) is 6.93. The van der Waals surface area contributed by atoms with E-state index in [2.05, 4.69) is 6.58 Å². The van der Waals surface area contributed by atoms with Gasteiger partial charge in [0.2, 0.25) is 0 Å². The molecule has 6 heteroatoms. The lowest BCUT2D eigenvalue weighted by atomic mass is 10.0. The van der Waals surface area contributed by atoms with E-state index in [9.17, 15) is 14.7 Å². The number of rotatable bonds is 5. The van der Waals surface area contributed by atoms with Crippen LogP contribution in [0.15, 0.2) is 12.7 Å². The van der Waals surface area contributed by atoms with Crippen LogP contribution < -0.4 is 0 Å². The lowest BCUT2D eigenvalue weighted by Crippen LogP contribution is -2.47. The van der Waals surface area contributed by atoms with Gasteiger partial charge in [-0.3, -0.25) is 4.90 Å². The summed E-state index contributed by atoms with van der Waals surface area (Å²) in [5.74, 6) is -1.04. The van der Waals surface area contributed by atoms with Gasteiger partial charge in [-0.05, 0) is 34.1 Å². The van der Waals surface area contributed by atoms with Crippen molar-refractivity contribution in [3.05, 3.63) is 12.7 Å². The highest BCUT2D eigenvalue weighted by atomic mass is 16.6. The number of likely N-dealkylation sites (tertiary alicyclic amines) is 1. The van der Waals surface area contributed by atoms with Crippen molar-refractivity contribution >= 4 is 12.1 Å². The van der Waals surface area contributed by atoms with Crippen LogP contribution >= 0.6 is 0 Å². The van der Waals surface area contributed by atoms with Gasteiger partial charge in [0.25, 0.3) is 0 Å². The van der Waals surface area contributed by atoms with Crippen molar-refractivity contribution in [3.8, 4) is 0 Å². The van der Waals surface area contributed by atoms with E-state index in [1.54, 1.807) is 26.8 Å². The normalized spacial score (nSPS) is 25.7. The van der Waals surface area contributed by atoms with Crippen LogP contribution in [0.25, 0.3) is 0 Å². The molecule has 21 heavy (non-hydrogen) atoms. The number of hydrogen-bond donors (Lipinski definition) is 1. The van der Waals surface area contributed by atoms with E-state index in [-0.39, 0.29) is 12.0 Å². The van der Waals surface area contributed by atoms with Gasteiger partial charge in [-0.15, -0.1) is 6.58 Å². The summed E-state index contributed by atoms with van der Waals surface area (Å²) in [5, 5.41) is 9.33. The Bertz CT molecular complexity index is 401. The molecule has 3 atom stereocenters. The quantitative estimate of drug-likeness (QED) is 0.622. The molecule has 1 aliphatic heterocycles. The Kier molecular flexibility index (Phi) is 5.78. The zero-order valence-corrected chi connectivity index (χ0v) is 13.2. The van der Waals surface area contributed by atoms with Crippen LogP contribution in [0.2, 0.25) is 0 Å². The summed E-state index contributed by atoms with van der Waals surface area (Å²) < 4.78 is 10.7. The van der Waals surface area contributed by atoms with Crippen LogP contribution in [0.1, 0.15) is 34.1 Å². The minimum atomic E-state index is -1.01. The third-order valence-corrected chi connectivity index (χ3v) is 3.44. The standard InChI is InChI=1S/C15H25NO5/c1-6-7-20-9-11-8-12(13(17)18)16(10(11)2)14(19)21-15(3,4)5/h6,10-12H,1,7-9H2,2-5H3,(H,17,18)/t10-,11-,12+/m1/s1. The molecular formula is C15H25NO5. The molecular weight excluding hydrogens is 274 g/mol. The molecule has 1 saturated heterocycles. The number of carbonyl (C=O) groups excluding carboxylic acids is 1. The number of aliphatic carboxylic acids is 1. The van der Waals surface area contributed by atoms with Crippen LogP contribution in [0, 0.1) is 5.92 Å². The molecule has 0 spiro atoms. The van der Waals surface area contributed by atoms with Gasteiger partial charge in [0.15, 0.2) is 0 Å². The van der Waals surface area contributed by atoms with Gasteiger partial charge in [-0.25, -0.2) is 9.59 Å². The lowest BCUT2D eigenvalue weighted by molar-refractivity contribution is -0.142. The van der Waals surface area contributed by atoms with Crippen molar-refractivity contribution < 1.29 is 24.2 Å². The fraction of sp³-hybridized carbons (Fsp3) is 0.733. The maximum Gasteiger partial charge on any atom is 0.411 e. The number of nitrogens with zero attached hydrogens (tertiary/aromatic N) is 1. The number of ether oxygens (including phenoxy) is 2. The third kappa shape index (κ3) is 4.74. The van der Waals surface area contributed by atoms with Crippen molar-refractivity contribution in [3.63, 3.8) is 0 Å². The monoisotopic (exact) mass is 299 g/mol. The largest absolute Gasteiger partial charge is 0.480 e. The topological polar surface area (TPSA) is 76.1 Å². The summed E-state index contributed by atoms with van der Waals surface area (Å²) >= 11 is 0. The van der Waals surface area contributed by atoms with Gasteiger partial charge in [0, 0.05) is 12.0 Å². The van der Waals surface area contributed by atoms with E-state index >= 15 is 0 Å². The van der Waals surface area contributed by atoms with Crippen molar-refractivity contribution in [1.29, 1.82) is 0 Å². The fourth-order valence-corrected chi connectivity index (χ4v) is 2.45. The van der Waals surface area contributed by atoms with Gasteiger partial charge in [0.1, 0.15) is 11.6 Å². The Morgan fingerprint density at radius 2 is 2.05 bits per heavy atom. The molecule has 0 radical (unpaired) electrons. The molecule has 0 aromatic rings. The molecule has 120 valence electrons. The van der Waals surface area contributed by atoms with Crippen molar-refractivity contribution in [1.82, 2.24) is 4.90 Å². The molecule has 1 aliphatic rings. The Morgan fingerprint density at radius 3 is 2.52 bits per heavy atom. The zero-order chi connectivity index (χ0) is 16.2. The SMILES string of the molecule is C=CCOC[C@H]1C[C@@H](C(=O)O)N(C(=O)OC(C)(C)C)[C@@H]1C. The highest BCUT2D eigenvalue weighted by Gasteiger charge is 2.46. The molecule has 0 aromatic heterocycles. The highest BCUT2D eigenvalue weighted by Crippen LogP contribution is 2.31. The van der Waals surface area contributed by atoms with Crippen molar-refractivity contribution in [2.75, 3.05) is 13.2 Å². The van der Waals surface area contributed by atoms with Gasteiger partial charge in [-0.1, -0.05) is 6.08 Å². The number of amides is 1. The zero-order valence-electron chi connectivity index (χ0n) is 13.2. The molecule has 1 rings (SSSR count). The Hall–Kier alpha value is -1.56. The third-order valence-electron chi connectivity index (χ3n) is 3.44. The molecule has 1 N–H and O–H groups in total. The number of hydrogen-bond acceptors (Lipinski definition) is 4. The van der Waals surface area contributed by atoms with E-state index in [0.717, 1.165) is 0 Å². The molecule has 0 aliphatic carbocycles. The van der Waals surface area contributed by atoms with E-state index < -0.39 is 23.7 Å². The van der Waals surface area contributed by atoms with Gasteiger partial charge >= 0.3 is 12.1 Å². The fourth-order valence-electron chi connectivity index (χ4n) is 2.45. The van der Waals surface area contributed by atoms with Crippen molar-refractivity contribution in [2.45, 2.75) is 51.8 Å². The van der Waals surface area contributed by atoms with E-state index in [4.69, 9.17) is 9.47 Å². The molecule has 0 saturated carbocycles. The van der Waals surface area contributed by atoms with Crippen molar-refractivity contribution in [2.24, 2.45) is 5.92 Å². The Labute approximate surface area is 125 Å². The molecule has 1 heterocycles. The average molecular weight is 299 g/mol. The highest BCUT2D eigenvalue weighted by molar-refractivity contribution is 5.81.